The van der Waals surface area contributed by atoms with Crippen LogP contribution in [0, 0.1) is 5.92 Å². The van der Waals surface area contributed by atoms with Crippen LogP contribution in [-0.2, 0) is 9.59 Å². The number of nitrogens with one attached hydrogen (secondary N) is 1. The molecule has 17 heavy (non-hydrogen) atoms. The Morgan fingerprint density at radius 3 is 2.53 bits per heavy atom. The van der Waals surface area contributed by atoms with Gasteiger partial charge in [0.1, 0.15) is 6.04 Å². The Bertz CT molecular complexity index is 259. The van der Waals surface area contributed by atoms with Gasteiger partial charge in [-0.25, -0.2) is 4.79 Å². The molecule has 0 spiro atoms. The van der Waals surface area contributed by atoms with Crippen molar-refractivity contribution in [2.75, 3.05) is 0 Å². The van der Waals surface area contributed by atoms with Crippen molar-refractivity contribution >= 4 is 11.9 Å². The third-order valence-electron chi connectivity index (χ3n) is 3.47. The van der Waals surface area contributed by atoms with Crippen LogP contribution in [0.2, 0.25) is 0 Å². The van der Waals surface area contributed by atoms with E-state index in [0.29, 0.717) is 18.8 Å². The number of hydrogen-bond acceptors (Lipinski definition) is 2. The molecule has 4 nitrogen and oxygen atoms in total. The number of carboxylic acids is 1. The Morgan fingerprint density at radius 1 is 1.35 bits per heavy atom. The monoisotopic (exact) mass is 241 g/mol. The van der Waals surface area contributed by atoms with E-state index in [9.17, 15) is 9.59 Å². The number of carbonyl (C=O) groups is 2. The van der Waals surface area contributed by atoms with Crippen LogP contribution in [0.15, 0.2) is 0 Å². The molecule has 0 aliphatic heterocycles. The quantitative estimate of drug-likeness (QED) is 0.719. The molecule has 0 aromatic heterocycles. The van der Waals surface area contributed by atoms with Gasteiger partial charge in [-0.3, -0.25) is 4.79 Å². The maximum atomic E-state index is 11.6. The first kappa shape index (κ1) is 14.0. The summed E-state index contributed by atoms with van der Waals surface area (Å²) < 4.78 is 0. The van der Waals surface area contributed by atoms with Crippen LogP contribution < -0.4 is 5.32 Å². The topological polar surface area (TPSA) is 66.4 Å². The van der Waals surface area contributed by atoms with Crippen LogP contribution in [0.4, 0.5) is 0 Å². The number of rotatable bonds is 7. The van der Waals surface area contributed by atoms with Gasteiger partial charge < -0.3 is 10.4 Å². The van der Waals surface area contributed by atoms with E-state index >= 15 is 0 Å². The van der Waals surface area contributed by atoms with Crippen molar-refractivity contribution < 1.29 is 14.7 Å². The highest BCUT2D eigenvalue weighted by atomic mass is 16.4. The second-order valence-corrected chi connectivity index (χ2v) is 4.94. The Labute approximate surface area is 103 Å². The molecular formula is C13H23NO3. The zero-order chi connectivity index (χ0) is 12.7. The summed E-state index contributed by atoms with van der Waals surface area (Å²) >= 11 is 0. The molecule has 98 valence electrons. The van der Waals surface area contributed by atoms with Gasteiger partial charge in [0, 0.05) is 6.42 Å². The van der Waals surface area contributed by atoms with Gasteiger partial charge in [0.2, 0.25) is 5.91 Å². The minimum atomic E-state index is -0.930. The van der Waals surface area contributed by atoms with Crippen LogP contribution in [0.25, 0.3) is 0 Å². The fourth-order valence-corrected chi connectivity index (χ4v) is 2.45. The van der Waals surface area contributed by atoms with Gasteiger partial charge in [0.15, 0.2) is 0 Å². The van der Waals surface area contributed by atoms with Gasteiger partial charge >= 0.3 is 5.97 Å². The second kappa shape index (κ2) is 7.30. The van der Waals surface area contributed by atoms with E-state index in [4.69, 9.17) is 5.11 Å². The van der Waals surface area contributed by atoms with Gasteiger partial charge in [0.05, 0.1) is 0 Å². The minimum absolute atomic E-state index is 0.113. The van der Waals surface area contributed by atoms with Crippen molar-refractivity contribution in [3.8, 4) is 0 Å². The summed E-state index contributed by atoms with van der Waals surface area (Å²) in [6.07, 6.45) is 7.65. The lowest BCUT2D eigenvalue weighted by molar-refractivity contribution is -0.142. The Hall–Kier alpha value is -1.06. The highest BCUT2D eigenvalue weighted by Gasteiger charge is 2.20. The molecule has 1 aliphatic carbocycles. The third kappa shape index (κ3) is 5.20. The van der Waals surface area contributed by atoms with Crippen molar-refractivity contribution in [1.29, 1.82) is 0 Å². The van der Waals surface area contributed by atoms with Crippen molar-refractivity contribution in [2.45, 2.75) is 64.3 Å². The van der Waals surface area contributed by atoms with Gasteiger partial charge in [0.25, 0.3) is 0 Å². The molecule has 1 atom stereocenters. The largest absolute Gasteiger partial charge is 0.480 e. The molecule has 1 amide bonds. The van der Waals surface area contributed by atoms with Crippen LogP contribution in [0.1, 0.15) is 58.3 Å². The molecule has 0 heterocycles. The van der Waals surface area contributed by atoms with Gasteiger partial charge in [-0.15, -0.1) is 0 Å². The molecule has 0 radical (unpaired) electrons. The van der Waals surface area contributed by atoms with E-state index in [0.717, 1.165) is 12.8 Å². The van der Waals surface area contributed by atoms with Crippen molar-refractivity contribution in [3.05, 3.63) is 0 Å². The van der Waals surface area contributed by atoms with E-state index in [1.165, 1.54) is 25.7 Å². The Balaban J connectivity index is 2.23. The normalized spacial score (nSPS) is 17.9. The SMILES string of the molecule is CCC[C@@H](NC(=O)CCC1CCCC1)C(=O)O. The lowest BCUT2D eigenvalue weighted by Crippen LogP contribution is -2.40. The predicted molar refractivity (Wildman–Crippen MR) is 65.7 cm³/mol. The van der Waals surface area contributed by atoms with E-state index in [-0.39, 0.29) is 5.91 Å². The Morgan fingerprint density at radius 2 is 2.00 bits per heavy atom. The highest BCUT2D eigenvalue weighted by molar-refractivity contribution is 5.83. The Kier molecular flexibility index (Phi) is 6.01. The summed E-state index contributed by atoms with van der Waals surface area (Å²) in [7, 11) is 0. The van der Waals surface area contributed by atoms with E-state index in [2.05, 4.69) is 5.32 Å². The van der Waals surface area contributed by atoms with E-state index < -0.39 is 12.0 Å². The number of carboxylic acid groups (broad SMARTS) is 1. The summed E-state index contributed by atoms with van der Waals surface area (Å²) in [5.41, 5.74) is 0. The fraction of sp³-hybridized carbons (Fsp3) is 0.846. The van der Waals surface area contributed by atoms with E-state index in [1.807, 2.05) is 6.92 Å². The second-order valence-electron chi connectivity index (χ2n) is 4.94. The molecule has 1 saturated carbocycles. The summed E-state index contributed by atoms with van der Waals surface area (Å²) in [5.74, 6) is -0.367. The lowest BCUT2D eigenvalue weighted by Gasteiger charge is -2.14. The molecular weight excluding hydrogens is 218 g/mol. The molecule has 2 N–H and O–H groups in total. The third-order valence-corrected chi connectivity index (χ3v) is 3.47. The average molecular weight is 241 g/mol. The molecule has 1 aliphatic rings. The lowest BCUT2D eigenvalue weighted by atomic mass is 10.0. The number of aliphatic carboxylic acids is 1. The van der Waals surface area contributed by atoms with Crippen LogP contribution in [0.3, 0.4) is 0 Å². The molecule has 0 aromatic carbocycles. The van der Waals surface area contributed by atoms with Gasteiger partial charge in [-0.05, 0) is 18.8 Å². The predicted octanol–water partition coefficient (Wildman–Crippen LogP) is 2.33. The van der Waals surface area contributed by atoms with Crippen LogP contribution >= 0.6 is 0 Å². The first-order chi connectivity index (χ1) is 8.13. The standard InChI is InChI=1S/C13H23NO3/c1-2-5-11(13(16)17)14-12(15)9-8-10-6-3-4-7-10/h10-11H,2-9H2,1H3,(H,14,15)(H,16,17)/t11-/m1/s1. The molecule has 0 saturated heterocycles. The molecule has 0 aromatic rings. The van der Waals surface area contributed by atoms with Gasteiger partial charge in [-0.2, -0.15) is 0 Å². The van der Waals surface area contributed by atoms with Crippen LogP contribution in [0.5, 0.6) is 0 Å². The first-order valence-corrected chi connectivity index (χ1v) is 6.65. The fourth-order valence-electron chi connectivity index (χ4n) is 2.45. The summed E-state index contributed by atoms with van der Waals surface area (Å²) in [5, 5.41) is 11.5. The molecule has 1 fully saturated rings. The smallest absolute Gasteiger partial charge is 0.326 e. The van der Waals surface area contributed by atoms with Crippen molar-refractivity contribution in [3.63, 3.8) is 0 Å². The maximum Gasteiger partial charge on any atom is 0.326 e. The average Bonchev–Trinajstić information content (AvgIpc) is 2.78. The number of hydrogen-bond donors (Lipinski definition) is 2. The number of carbonyl (C=O) groups excluding carboxylic acids is 1. The zero-order valence-corrected chi connectivity index (χ0v) is 10.6. The highest BCUT2D eigenvalue weighted by Crippen LogP contribution is 2.28. The summed E-state index contributed by atoms with van der Waals surface area (Å²) in [4.78, 5) is 22.5. The molecule has 4 heteroatoms. The van der Waals surface area contributed by atoms with Crippen LogP contribution in [-0.4, -0.2) is 23.0 Å². The molecule has 1 rings (SSSR count). The molecule has 0 unspecified atom stereocenters. The number of amides is 1. The first-order valence-electron chi connectivity index (χ1n) is 6.65. The van der Waals surface area contributed by atoms with Gasteiger partial charge in [-0.1, -0.05) is 39.0 Å². The zero-order valence-electron chi connectivity index (χ0n) is 10.6. The van der Waals surface area contributed by atoms with E-state index in [1.54, 1.807) is 0 Å². The summed E-state index contributed by atoms with van der Waals surface area (Å²) in [6, 6.07) is -0.712. The minimum Gasteiger partial charge on any atom is -0.480 e. The van der Waals surface area contributed by atoms with Crippen molar-refractivity contribution in [2.24, 2.45) is 5.92 Å². The molecule has 0 bridgehead atoms. The summed E-state index contributed by atoms with van der Waals surface area (Å²) in [6.45, 7) is 1.92. The maximum absolute atomic E-state index is 11.6. The van der Waals surface area contributed by atoms with Crippen molar-refractivity contribution in [1.82, 2.24) is 5.32 Å².